The van der Waals surface area contributed by atoms with Gasteiger partial charge < -0.3 is 5.32 Å². The summed E-state index contributed by atoms with van der Waals surface area (Å²) in [5.74, 6) is -1.30. The Bertz CT molecular complexity index is 1290. The first-order chi connectivity index (χ1) is 14.0. The van der Waals surface area contributed by atoms with E-state index in [4.69, 9.17) is 11.6 Å². The standard InChI is InChI=1S/C18H13ClF2N6OS/c1-29-17-15(21)14(19)13(8-5-22-25-16(8)17)10-2-3-12-23-11(6-27(12)26-10)24-18(28)7-4-9(7)20/h2-3,5-7,9H,4H2,1H3,(H,22,25)(H,24,28). The maximum atomic E-state index is 14.8. The number of aromatic nitrogens is 5. The van der Waals surface area contributed by atoms with Crippen LogP contribution >= 0.6 is 23.4 Å². The first kappa shape index (κ1) is 18.3. The number of imidazole rings is 1. The first-order valence-corrected chi connectivity index (χ1v) is 10.3. The number of carbonyl (C=O) groups excluding carboxylic acids is 1. The number of H-pyrrole nitrogens is 1. The number of amides is 1. The molecule has 7 nitrogen and oxygen atoms in total. The fraction of sp³-hybridized carbons (Fsp3) is 0.222. The van der Waals surface area contributed by atoms with Gasteiger partial charge in [-0.05, 0) is 24.8 Å². The number of alkyl halides is 1. The molecule has 2 unspecified atom stereocenters. The van der Waals surface area contributed by atoms with Gasteiger partial charge in [0.25, 0.3) is 0 Å². The van der Waals surface area contributed by atoms with Gasteiger partial charge in [-0.1, -0.05) is 11.6 Å². The summed E-state index contributed by atoms with van der Waals surface area (Å²) in [5.41, 5.74) is 1.84. The molecule has 0 spiro atoms. The number of aromatic amines is 1. The van der Waals surface area contributed by atoms with Crippen LogP contribution in [0.25, 0.3) is 27.8 Å². The van der Waals surface area contributed by atoms with Crippen LogP contribution in [0.2, 0.25) is 5.02 Å². The first-order valence-electron chi connectivity index (χ1n) is 8.67. The predicted molar refractivity (Wildman–Crippen MR) is 106 cm³/mol. The van der Waals surface area contributed by atoms with Crippen LogP contribution in [0.4, 0.5) is 14.6 Å². The number of benzene rings is 1. The maximum Gasteiger partial charge on any atom is 0.231 e. The number of rotatable bonds is 4. The molecular weight excluding hydrogens is 422 g/mol. The largest absolute Gasteiger partial charge is 0.309 e. The number of fused-ring (bicyclic) bond motifs is 2. The molecular formula is C18H13ClF2N6OS. The van der Waals surface area contributed by atoms with Crippen LogP contribution in [0.1, 0.15) is 6.42 Å². The van der Waals surface area contributed by atoms with E-state index in [1.54, 1.807) is 24.6 Å². The molecule has 148 valence electrons. The highest BCUT2D eigenvalue weighted by molar-refractivity contribution is 7.98. The highest BCUT2D eigenvalue weighted by Gasteiger charge is 2.43. The molecule has 3 aromatic heterocycles. The zero-order valence-corrected chi connectivity index (χ0v) is 16.5. The number of halogens is 3. The molecule has 1 aliphatic rings. The lowest BCUT2D eigenvalue weighted by Crippen LogP contribution is -2.15. The SMILES string of the molecule is CSc1c(F)c(Cl)c(-c2ccc3nc(NC(=O)C4CC4F)cn3n2)c2cn[nH]c12. The molecule has 29 heavy (non-hydrogen) atoms. The van der Waals surface area contributed by atoms with E-state index in [0.717, 1.165) is 0 Å². The van der Waals surface area contributed by atoms with Crippen LogP contribution in [0.3, 0.4) is 0 Å². The van der Waals surface area contributed by atoms with Crippen molar-refractivity contribution in [2.75, 3.05) is 11.6 Å². The topological polar surface area (TPSA) is 88.0 Å². The van der Waals surface area contributed by atoms with E-state index >= 15 is 0 Å². The zero-order chi connectivity index (χ0) is 20.3. The Balaban J connectivity index is 1.58. The average Bonchev–Trinajstić information content (AvgIpc) is 3.08. The molecule has 1 aromatic carbocycles. The third kappa shape index (κ3) is 2.94. The second-order valence-corrected chi connectivity index (χ2v) is 7.88. The summed E-state index contributed by atoms with van der Waals surface area (Å²) in [6.45, 7) is 0. The lowest BCUT2D eigenvalue weighted by Gasteiger charge is -2.10. The molecule has 3 heterocycles. The summed E-state index contributed by atoms with van der Waals surface area (Å²) < 4.78 is 29.3. The van der Waals surface area contributed by atoms with Crippen molar-refractivity contribution in [2.24, 2.45) is 5.92 Å². The van der Waals surface area contributed by atoms with E-state index in [1.165, 1.54) is 22.5 Å². The average molecular weight is 435 g/mol. The molecule has 0 aliphatic heterocycles. The molecule has 5 rings (SSSR count). The van der Waals surface area contributed by atoms with Crippen molar-refractivity contribution in [3.05, 3.63) is 35.4 Å². The second-order valence-electron chi connectivity index (χ2n) is 6.69. The third-order valence-corrected chi connectivity index (χ3v) is 5.97. The van der Waals surface area contributed by atoms with Gasteiger partial charge in [0.15, 0.2) is 17.3 Å². The number of hydrogen-bond acceptors (Lipinski definition) is 5. The van der Waals surface area contributed by atoms with Gasteiger partial charge in [0.1, 0.15) is 6.17 Å². The summed E-state index contributed by atoms with van der Waals surface area (Å²) in [7, 11) is 0. The minimum Gasteiger partial charge on any atom is -0.309 e. The Labute approximate surface area is 171 Å². The van der Waals surface area contributed by atoms with Crippen molar-refractivity contribution in [3.63, 3.8) is 0 Å². The molecule has 1 saturated carbocycles. The van der Waals surface area contributed by atoms with Gasteiger partial charge in [-0.2, -0.15) is 10.2 Å². The molecule has 1 amide bonds. The van der Waals surface area contributed by atoms with Gasteiger partial charge in [0, 0.05) is 10.9 Å². The molecule has 2 N–H and O–H groups in total. The lowest BCUT2D eigenvalue weighted by atomic mass is 10.1. The smallest absolute Gasteiger partial charge is 0.231 e. The Kier molecular flexibility index (Phi) is 4.21. The normalized spacial score (nSPS) is 18.5. The van der Waals surface area contributed by atoms with Crippen LogP contribution in [0, 0.1) is 11.7 Å². The van der Waals surface area contributed by atoms with E-state index in [0.29, 0.717) is 32.7 Å². The predicted octanol–water partition coefficient (Wildman–Crippen LogP) is 4.08. The highest BCUT2D eigenvalue weighted by Crippen LogP contribution is 2.41. The molecule has 2 atom stereocenters. The Morgan fingerprint density at radius 3 is 2.97 bits per heavy atom. The number of nitrogens with zero attached hydrogens (tertiary/aromatic N) is 4. The van der Waals surface area contributed by atoms with E-state index < -0.39 is 23.8 Å². The van der Waals surface area contributed by atoms with E-state index in [2.05, 4.69) is 25.6 Å². The Morgan fingerprint density at radius 2 is 2.24 bits per heavy atom. The van der Waals surface area contributed by atoms with Gasteiger partial charge in [-0.15, -0.1) is 11.8 Å². The fourth-order valence-electron chi connectivity index (χ4n) is 3.26. The van der Waals surface area contributed by atoms with Gasteiger partial charge in [0.2, 0.25) is 5.91 Å². The lowest BCUT2D eigenvalue weighted by molar-refractivity contribution is -0.117. The Morgan fingerprint density at radius 1 is 1.45 bits per heavy atom. The number of thioether (sulfide) groups is 1. The molecule has 1 aliphatic carbocycles. The monoisotopic (exact) mass is 434 g/mol. The van der Waals surface area contributed by atoms with Crippen molar-refractivity contribution >= 4 is 51.6 Å². The Hall–Kier alpha value is -2.72. The molecule has 0 bridgehead atoms. The fourth-order valence-corrected chi connectivity index (χ4v) is 4.25. The van der Waals surface area contributed by atoms with E-state index in [-0.39, 0.29) is 17.3 Å². The summed E-state index contributed by atoms with van der Waals surface area (Å²) in [6, 6.07) is 3.34. The van der Waals surface area contributed by atoms with Crippen LogP contribution < -0.4 is 5.32 Å². The summed E-state index contributed by atoms with van der Waals surface area (Å²) in [6.07, 6.45) is 3.99. The number of hydrogen-bond donors (Lipinski definition) is 2. The van der Waals surface area contributed by atoms with Crippen LogP contribution in [0.15, 0.2) is 29.4 Å². The summed E-state index contributed by atoms with van der Waals surface area (Å²) >= 11 is 7.57. The van der Waals surface area contributed by atoms with Gasteiger partial charge >= 0.3 is 0 Å². The minimum absolute atomic E-state index is 0.0496. The summed E-state index contributed by atoms with van der Waals surface area (Å²) in [4.78, 5) is 16.6. The van der Waals surface area contributed by atoms with Crippen molar-refractivity contribution < 1.29 is 13.6 Å². The molecule has 11 heteroatoms. The molecule has 1 fully saturated rings. The molecule has 0 radical (unpaired) electrons. The third-order valence-electron chi connectivity index (χ3n) is 4.83. The maximum absolute atomic E-state index is 14.8. The van der Waals surface area contributed by atoms with Crippen molar-refractivity contribution in [1.82, 2.24) is 24.8 Å². The quantitative estimate of drug-likeness (QED) is 0.472. The van der Waals surface area contributed by atoms with Crippen molar-refractivity contribution in [3.8, 4) is 11.3 Å². The minimum atomic E-state index is -1.09. The van der Waals surface area contributed by atoms with E-state index in [9.17, 15) is 13.6 Å². The van der Waals surface area contributed by atoms with Gasteiger partial charge in [0.05, 0.1) is 39.4 Å². The molecule has 4 aromatic rings. The second kappa shape index (κ2) is 6.67. The van der Waals surface area contributed by atoms with Crippen molar-refractivity contribution in [1.29, 1.82) is 0 Å². The summed E-state index contributed by atoms with van der Waals surface area (Å²) in [5, 5.41) is 14.5. The number of carbonyl (C=O) groups is 1. The van der Waals surface area contributed by atoms with Gasteiger partial charge in [-0.3, -0.25) is 9.89 Å². The number of anilines is 1. The highest BCUT2D eigenvalue weighted by atomic mass is 35.5. The van der Waals surface area contributed by atoms with Crippen LogP contribution in [-0.4, -0.2) is 43.1 Å². The van der Waals surface area contributed by atoms with Crippen molar-refractivity contribution in [2.45, 2.75) is 17.5 Å². The molecule has 0 saturated heterocycles. The van der Waals surface area contributed by atoms with Crippen LogP contribution in [0.5, 0.6) is 0 Å². The van der Waals surface area contributed by atoms with Gasteiger partial charge in [-0.25, -0.2) is 18.3 Å². The zero-order valence-electron chi connectivity index (χ0n) is 14.9. The van der Waals surface area contributed by atoms with Crippen LogP contribution in [-0.2, 0) is 4.79 Å². The number of nitrogens with one attached hydrogen (secondary N) is 2. The van der Waals surface area contributed by atoms with E-state index in [1.807, 2.05) is 0 Å².